The Morgan fingerprint density at radius 2 is 1.76 bits per heavy atom. The molecule has 0 saturated heterocycles. The van der Waals surface area contributed by atoms with Gasteiger partial charge in [0.25, 0.3) is 10.0 Å². The molecule has 0 radical (unpaired) electrons. The predicted octanol–water partition coefficient (Wildman–Crippen LogP) is 3.43. The van der Waals surface area contributed by atoms with Crippen LogP contribution in [-0.2, 0) is 10.0 Å². The van der Waals surface area contributed by atoms with Gasteiger partial charge in [0.15, 0.2) is 0 Å². The molecule has 21 heavy (non-hydrogen) atoms. The number of rotatable bonds is 4. The van der Waals surface area contributed by atoms with Crippen LogP contribution in [0, 0.1) is 0 Å². The molecule has 0 aliphatic carbocycles. The number of sulfonamides is 1. The van der Waals surface area contributed by atoms with Gasteiger partial charge < -0.3 is 5.73 Å². The van der Waals surface area contributed by atoms with Crippen LogP contribution < -0.4 is 10.5 Å². The number of nitrogens with two attached hydrogens (primary N) is 1. The zero-order valence-electron chi connectivity index (χ0n) is 10.5. The van der Waals surface area contributed by atoms with E-state index in [0.717, 1.165) is 0 Å². The summed E-state index contributed by atoms with van der Waals surface area (Å²) in [6, 6.07) is 10.7. The molecule has 0 aromatic heterocycles. The van der Waals surface area contributed by atoms with Crippen molar-refractivity contribution in [3.63, 3.8) is 0 Å². The van der Waals surface area contributed by atoms with E-state index in [9.17, 15) is 8.42 Å². The van der Waals surface area contributed by atoms with Crippen LogP contribution in [0.2, 0.25) is 10.0 Å². The van der Waals surface area contributed by atoms with E-state index in [1.807, 2.05) is 0 Å². The van der Waals surface area contributed by atoms with Crippen LogP contribution in [0.15, 0.2) is 47.4 Å². The van der Waals surface area contributed by atoms with Crippen molar-refractivity contribution in [1.29, 1.82) is 0 Å². The Balaban J connectivity index is 2.43. The number of thiocarbonyl (C=S) groups is 1. The van der Waals surface area contributed by atoms with Gasteiger partial charge in [-0.2, -0.15) is 0 Å². The summed E-state index contributed by atoms with van der Waals surface area (Å²) in [5, 5.41) is 0.586. The molecule has 0 heterocycles. The Kier molecular flexibility index (Phi) is 4.73. The number of halogens is 2. The molecule has 8 heteroatoms. The predicted molar refractivity (Wildman–Crippen MR) is 89.6 cm³/mol. The van der Waals surface area contributed by atoms with Crippen molar-refractivity contribution >= 4 is 56.1 Å². The van der Waals surface area contributed by atoms with Crippen LogP contribution in [-0.4, -0.2) is 13.4 Å². The Morgan fingerprint density at radius 1 is 1.10 bits per heavy atom. The van der Waals surface area contributed by atoms with Crippen molar-refractivity contribution in [2.24, 2.45) is 5.73 Å². The van der Waals surface area contributed by atoms with E-state index < -0.39 is 10.0 Å². The average Bonchev–Trinajstić information content (AvgIpc) is 2.42. The molecule has 0 unspecified atom stereocenters. The summed E-state index contributed by atoms with van der Waals surface area (Å²) in [7, 11) is -3.84. The SMILES string of the molecule is NC(=S)c1ccccc1S(=O)(=O)Nc1ccc(Cl)c(Cl)c1. The molecule has 0 aliphatic rings. The highest BCUT2D eigenvalue weighted by Crippen LogP contribution is 2.27. The highest BCUT2D eigenvalue weighted by Gasteiger charge is 2.19. The minimum atomic E-state index is -3.84. The summed E-state index contributed by atoms with van der Waals surface area (Å²) in [6.07, 6.45) is 0. The van der Waals surface area contributed by atoms with Gasteiger partial charge in [-0.25, -0.2) is 8.42 Å². The molecule has 0 amide bonds. The first-order valence-corrected chi connectivity index (χ1v) is 8.33. The Bertz CT molecular complexity index is 808. The molecular formula is C13H10Cl2N2O2S2. The summed E-state index contributed by atoms with van der Waals surface area (Å²) in [6.45, 7) is 0. The molecular weight excluding hydrogens is 351 g/mol. The van der Waals surface area contributed by atoms with E-state index in [0.29, 0.717) is 10.7 Å². The van der Waals surface area contributed by atoms with Crippen LogP contribution in [0.1, 0.15) is 5.56 Å². The quantitative estimate of drug-likeness (QED) is 0.819. The normalized spacial score (nSPS) is 11.1. The monoisotopic (exact) mass is 360 g/mol. The third-order valence-electron chi connectivity index (χ3n) is 2.61. The van der Waals surface area contributed by atoms with E-state index in [-0.39, 0.29) is 20.5 Å². The number of hydrogen-bond donors (Lipinski definition) is 2. The second kappa shape index (κ2) is 6.19. The maximum absolute atomic E-state index is 12.4. The fourth-order valence-corrected chi connectivity index (χ4v) is 3.49. The smallest absolute Gasteiger partial charge is 0.262 e. The van der Waals surface area contributed by atoms with Gasteiger partial charge in [0.1, 0.15) is 4.99 Å². The van der Waals surface area contributed by atoms with Gasteiger partial charge in [-0.05, 0) is 24.3 Å². The van der Waals surface area contributed by atoms with Gasteiger partial charge >= 0.3 is 0 Å². The van der Waals surface area contributed by atoms with Crippen LogP contribution in [0.25, 0.3) is 0 Å². The Morgan fingerprint density at radius 3 is 2.38 bits per heavy atom. The molecule has 110 valence electrons. The molecule has 2 aromatic rings. The fraction of sp³-hybridized carbons (Fsp3) is 0. The molecule has 3 N–H and O–H groups in total. The van der Waals surface area contributed by atoms with Crippen molar-refractivity contribution in [3.8, 4) is 0 Å². The van der Waals surface area contributed by atoms with Crippen LogP contribution in [0.4, 0.5) is 5.69 Å². The third kappa shape index (κ3) is 3.65. The number of hydrogen-bond acceptors (Lipinski definition) is 3. The summed E-state index contributed by atoms with van der Waals surface area (Å²) >= 11 is 16.5. The first-order valence-electron chi connectivity index (χ1n) is 5.68. The lowest BCUT2D eigenvalue weighted by Gasteiger charge is -2.12. The summed E-state index contributed by atoms with van der Waals surface area (Å²) < 4.78 is 27.3. The van der Waals surface area contributed by atoms with E-state index in [1.54, 1.807) is 18.2 Å². The minimum absolute atomic E-state index is 0.00331. The summed E-state index contributed by atoms with van der Waals surface area (Å²) in [5.74, 6) is 0. The largest absolute Gasteiger partial charge is 0.389 e. The van der Waals surface area contributed by atoms with E-state index >= 15 is 0 Å². The third-order valence-corrected chi connectivity index (χ3v) is 5.01. The zero-order chi connectivity index (χ0) is 15.6. The topological polar surface area (TPSA) is 72.2 Å². The van der Waals surface area contributed by atoms with Crippen molar-refractivity contribution in [2.45, 2.75) is 4.90 Å². The van der Waals surface area contributed by atoms with Crippen molar-refractivity contribution in [1.82, 2.24) is 0 Å². The first-order chi connectivity index (χ1) is 9.81. The highest BCUT2D eigenvalue weighted by atomic mass is 35.5. The number of nitrogens with one attached hydrogen (secondary N) is 1. The van der Waals surface area contributed by atoms with Gasteiger partial charge in [-0.1, -0.05) is 53.6 Å². The second-order valence-electron chi connectivity index (χ2n) is 4.09. The maximum atomic E-state index is 12.4. The molecule has 0 fully saturated rings. The van der Waals surface area contributed by atoms with Crippen LogP contribution in [0.5, 0.6) is 0 Å². The lowest BCUT2D eigenvalue weighted by atomic mass is 10.2. The summed E-state index contributed by atoms with van der Waals surface area (Å²) in [4.78, 5) is 0.00804. The fourth-order valence-electron chi connectivity index (χ4n) is 1.67. The van der Waals surface area contributed by atoms with Gasteiger partial charge in [0.05, 0.1) is 20.6 Å². The molecule has 0 aliphatic heterocycles. The lowest BCUT2D eigenvalue weighted by molar-refractivity contribution is 0.601. The average molecular weight is 361 g/mol. The molecule has 0 bridgehead atoms. The Hall–Kier alpha value is -1.34. The van der Waals surface area contributed by atoms with E-state index in [2.05, 4.69) is 4.72 Å². The molecule has 0 spiro atoms. The van der Waals surface area contributed by atoms with Gasteiger partial charge in [0.2, 0.25) is 0 Å². The molecule has 2 aromatic carbocycles. The van der Waals surface area contributed by atoms with Crippen molar-refractivity contribution < 1.29 is 8.42 Å². The lowest BCUT2D eigenvalue weighted by Crippen LogP contribution is -2.19. The van der Waals surface area contributed by atoms with Gasteiger partial charge in [-0.15, -0.1) is 0 Å². The van der Waals surface area contributed by atoms with Crippen LogP contribution in [0.3, 0.4) is 0 Å². The first kappa shape index (κ1) is 16.0. The standard InChI is InChI=1S/C13H10Cl2N2O2S2/c14-10-6-5-8(7-11(10)15)17-21(18,19)12-4-2-1-3-9(12)13(16)20/h1-7,17H,(H2,16,20). The zero-order valence-corrected chi connectivity index (χ0v) is 13.7. The molecule has 0 atom stereocenters. The minimum Gasteiger partial charge on any atom is -0.389 e. The Labute approximate surface area is 137 Å². The van der Waals surface area contributed by atoms with Crippen LogP contribution >= 0.6 is 35.4 Å². The van der Waals surface area contributed by atoms with Crippen molar-refractivity contribution in [2.75, 3.05) is 4.72 Å². The van der Waals surface area contributed by atoms with E-state index in [1.165, 1.54) is 24.3 Å². The number of anilines is 1. The van der Waals surface area contributed by atoms with Gasteiger partial charge in [-0.3, -0.25) is 4.72 Å². The highest BCUT2D eigenvalue weighted by molar-refractivity contribution is 7.93. The molecule has 2 rings (SSSR count). The van der Waals surface area contributed by atoms with Crippen molar-refractivity contribution in [3.05, 3.63) is 58.1 Å². The molecule has 0 saturated carbocycles. The maximum Gasteiger partial charge on any atom is 0.262 e. The van der Waals surface area contributed by atoms with Gasteiger partial charge in [0, 0.05) is 5.56 Å². The summed E-state index contributed by atoms with van der Waals surface area (Å²) in [5.41, 5.74) is 6.12. The van der Waals surface area contributed by atoms with E-state index in [4.69, 9.17) is 41.2 Å². The number of benzene rings is 2. The molecule has 4 nitrogen and oxygen atoms in total. The second-order valence-corrected chi connectivity index (χ2v) is 7.00.